The standard InChI is InChI=1S/C57H80F2N6O4Si2/c1-34(2)70(35(3)4,36(5)6)26-22-44-46(58)21-18-40-28-43(66)29-45(48(40)44)51-50(59)52-49(47(60-51)23-27-71(37(7)8,38(9)10)39(11)12)53(62-54(61-52)68-33-57(24-25-57)32-63(16)17)64-30-41-19-20-42(31-64)65(41)55(67)69-56(13,14)15/h18,21,28-29,34-39,41-42,66H,19-20,24-25,30-33H2,1-17H3. The summed E-state index contributed by atoms with van der Waals surface area (Å²) >= 11 is 0. The van der Waals surface area contributed by atoms with Gasteiger partial charge in [0.15, 0.2) is 5.82 Å². The number of hydrogen-bond acceptors (Lipinski definition) is 9. The fourth-order valence-electron chi connectivity index (χ4n) is 12.7. The number of phenolic OH excluding ortho intramolecular Hbond substituents is 1. The van der Waals surface area contributed by atoms with Crippen molar-refractivity contribution in [1.29, 1.82) is 0 Å². The van der Waals surface area contributed by atoms with Gasteiger partial charge in [-0.2, -0.15) is 9.97 Å². The number of aromatic nitrogens is 3. The zero-order valence-electron chi connectivity index (χ0n) is 45.7. The van der Waals surface area contributed by atoms with Crippen LogP contribution >= 0.6 is 0 Å². The van der Waals surface area contributed by atoms with Gasteiger partial charge in [-0.25, -0.2) is 18.6 Å². The quantitative estimate of drug-likeness (QED) is 0.104. The number of amides is 1. The highest BCUT2D eigenvalue weighted by molar-refractivity contribution is 6.91. The predicted molar refractivity (Wildman–Crippen MR) is 291 cm³/mol. The lowest BCUT2D eigenvalue weighted by molar-refractivity contribution is 0.0122. The SMILES string of the molecule is CC(C)[Si](C#Cc1c(F)ccc2cc(O)cc(-c3nc(C#C[Si](C(C)C)(C(C)C)C(C)C)c4c(N5CC6CCC(C5)N6C(=O)OC(C)(C)C)nc(OCC5(CN(C)C)CC5)nc4c3F)c12)(C(C)C)C(C)C. The summed E-state index contributed by atoms with van der Waals surface area (Å²) in [5.41, 5.74) is 8.97. The molecule has 14 heteroatoms. The number of benzene rings is 2. The van der Waals surface area contributed by atoms with Crippen molar-refractivity contribution in [2.45, 2.75) is 180 Å². The molecule has 2 unspecified atom stereocenters. The maximum atomic E-state index is 18.5. The van der Waals surface area contributed by atoms with Gasteiger partial charge >= 0.3 is 12.1 Å². The van der Waals surface area contributed by atoms with Crippen LogP contribution in [0.15, 0.2) is 24.3 Å². The van der Waals surface area contributed by atoms with Gasteiger partial charge in [-0.15, -0.1) is 11.1 Å². The van der Waals surface area contributed by atoms with Crippen LogP contribution in [0.1, 0.15) is 141 Å². The number of nitrogens with zero attached hydrogens (tertiary/aromatic N) is 6. The molecule has 2 atom stereocenters. The molecule has 1 N–H and O–H groups in total. The van der Waals surface area contributed by atoms with Crippen LogP contribution in [0.2, 0.25) is 33.2 Å². The molecule has 2 aromatic carbocycles. The molecular formula is C57H80F2N6O4Si2. The van der Waals surface area contributed by atoms with Gasteiger partial charge in [0.1, 0.15) is 56.0 Å². The minimum atomic E-state index is -2.44. The van der Waals surface area contributed by atoms with Crippen molar-refractivity contribution < 1.29 is 28.2 Å². The van der Waals surface area contributed by atoms with Crippen LogP contribution in [0.5, 0.6) is 11.8 Å². The van der Waals surface area contributed by atoms with Crippen LogP contribution in [0.3, 0.4) is 0 Å². The topological polar surface area (TPSA) is 104 Å². The van der Waals surface area contributed by atoms with Crippen molar-refractivity contribution >= 4 is 49.7 Å². The minimum Gasteiger partial charge on any atom is -0.508 e. The summed E-state index contributed by atoms with van der Waals surface area (Å²) in [5, 5.41) is 12.6. The number of carbonyl (C=O) groups is 1. The molecule has 4 aromatic rings. The third kappa shape index (κ3) is 10.4. The number of carbonyl (C=O) groups excluding carboxylic acids is 1. The largest absolute Gasteiger partial charge is 0.508 e. The molecule has 2 saturated heterocycles. The molecule has 7 rings (SSSR count). The Bertz CT molecular complexity index is 2740. The number of hydrogen-bond donors (Lipinski definition) is 1. The Kier molecular flexibility index (Phi) is 15.4. The normalized spacial score (nSPS) is 18.1. The van der Waals surface area contributed by atoms with E-state index in [0.29, 0.717) is 41.7 Å². The number of pyridine rings is 1. The van der Waals surface area contributed by atoms with E-state index in [0.717, 1.165) is 32.2 Å². The average Bonchev–Trinajstić information content (AvgIpc) is 3.96. The van der Waals surface area contributed by atoms with E-state index < -0.39 is 33.4 Å². The number of piperazine rings is 1. The summed E-state index contributed by atoms with van der Waals surface area (Å²) in [6.45, 7) is 34.3. The lowest BCUT2D eigenvalue weighted by atomic mass is 9.95. The summed E-state index contributed by atoms with van der Waals surface area (Å²) in [4.78, 5) is 35.2. The summed E-state index contributed by atoms with van der Waals surface area (Å²) in [5.74, 6) is 5.96. The van der Waals surface area contributed by atoms with Crippen LogP contribution in [-0.4, -0.2) is 110 Å². The molecule has 1 aliphatic carbocycles. The molecule has 1 saturated carbocycles. The Labute approximate surface area is 425 Å². The highest BCUT2D eigenvalue weighted by Crippen LogP contribution is 2.48. The number of fused-ring (bicyclic) bond motifs is 4. The third-order valence-corrected chi connectivity index (χ3v) is 28.7. The Morgan fingerprint density at radius 2 is 1.37 bits per heavy atom. The first-order chi connectivity index (χ1) is 33.2. The molecule has 3 fully saturated rings. The molecule has 2 bridgehead atoms. The van der Waals surface area contributed by atoms with E-state index in [4.69, 9.17) is 24.4 Å². The molecular weight excluding hydrogens is 927 g/mol. The Morgan fingerprint density at radius 1 is 0.817 bits per heavy atom. The van der Waals surface area contributed by atoms with Crippen LogP contribution < -0.4 is 9.64 Å². The molecule has 0 spiro atoms. The zero-order valence-corrected chi connectivity index (χ0v) is 47.7. The van der Waals surface area contributed by atoms with Crippen molar-refractivity contribution in [3.05, 3.63) is 47.2 Å². The van der Waals surface area contributed by atoms with Gasteiger partial charge in [0.05, 0.1) is 29.6 Å². The Morgan fingerprint density at radius 3 is 1.87 bits per heavy atom. The minimum absolute atomic E-state index is 0.0281. The van der Waals surface area contributed by atoms with E-state index in [-0.39, 0.29) is 96.6 Å². The zero-order chi connectivity index (χ0) is 52.3. The first-order valence-corrected chi connectivity index (χ1v) is 30.6. The fraction of sp³-hybridized carbons (Fsp3) is 0.614. The predicted octanol–water partition coefficient (Wildman–Crippen LogP) is 13.3. The van der Waals surface area contributed by atoms with E-state index in [1.165, 1.54) is 12.1 Å². The maximum Gasteiger partial charge on any atom is 0.410 e. The second-order valence-corrected chi connectivity index (χ2v) is 35.3. The smallest absolute Gasteiger partial charge is 0.410 e. The second-order valence-electron chi connectivity index (χ2n) is 24.2. The third-order valence-electron chi connectivity index (χ3n) is 16.1. The number of aromatic hydroxyl groups is 1. The van der Waals surface area contributed by atoms with E-state index in [1.54, 1.807) is 12.1 Å². The number of phenols is 1. The molecule has 384 valence electrons. The second kappa shape index (κ2) is 20.3. The molecule has 2 aliphatic heterocycles. The van der Waals surface area contributed by atoms with E-state index >= 15 is 8.78 Å². The van der Waals surface area contributed by atoms with Gasteiger partial charge in [-0.05, 0) is 117 Å². The summed E-state index contributed by atoms with van der Waals surface area (Å²) < 4.78 is 47.6. The average molecular weight is 1010 g/mol. The molecule has 2 aromatic heterocycles. The van der Waals surface area contributed by atoms with Crippen LogP contribution in [0.25, 0.3) is 32.9 Å². The Hall–Kier alpha value is -4.77. The van der Waals surface area contributed by atoms with Crippen LogP contribution in [0.4, 0.5) is 19.4 Å². The van der Waals surface area contributed by atoms with Crippen molar-refractivity contribution in [2.24, 2.45) is 5.41 Å². The lowest BCUT2D eigenvalue weighted by Gasteiger charge is -2.42. The Balaban J connectivity index is 1.56. The molecule has 3 aliphatic rings. The van der Waals surface area contributed by atoms with Crippen molar-refractivity contribution in [2.75, 3.05) is 45.2 Å². The number of anilines is 1. The van der Waals surface area contributed by atoms with Crippen LogP contribution in [0, 0.1) is 40.0 Å². The van der Waals surface area contributed by atoms with Gasteiger partial charge in [0.2, 0.25) is 0 Å². The number of ether oxygens (including phenoxy) is 2. The summed E-state index contributed by atoms with van der Waals surface area (Å²) in [6.07, 6.45) is 3.17. The van der Waals surface area contributed by atoms with Crippen molar-refractivity contribution in [3.63, 3.8) is 0 Å². The fourth-order valence-corrected chi connectivity index (χ4v) is 23.1. The molecule has 0 radical (unpaired) electrons. The maximum absolute atomic E-state index is 18.5. The summed E-state index contributed by atoms with van der Waals surface area (Å²) in [6, 6.07) is 5.66. The van der Waals surface area contributed by atoms with E-state index in [1.807, 2.05) is 39.8 Å². The molecule has 10 nitrogen and oxygen atoms in total. The number of halogens is 2. The van der Waals surface area contributed by atoms with Crippen molar-refractivity contribution in [3.8, 4) is 45.9 Å². The van der Waals surface area contributed by atoms with Gasteiger partial charge in [-0.3, -0.25) is 4.90 Å². The molecule has 71 heavy (non-hydrogen) atoms. The number of rotatable bonds is 13. The molecule has 1 amide bonds. The van der Waals surface area contributed by atoms with Gasteiger partial charge in [0.25, 0.3) is 0 Å². The van der Waals surface area contributed by atoms with E-state index in [2.05, 4.69) is 116 Å². The first kappa shape index (κ1) is 54.0. The lowest BCUT2D eigenvalue weighted by Crippen LogP contribution is -2.57. The highest BCUT2D eigenvalue weighted by atomic mass is 28.3. The molecule has 4 heterocycles. The van der Waals surface area contributed by atoms with Crippen LogP contribution in [-0.2, 0) is 4.74 Å². The van der Waals surface area contributed by atoms with E-state index in [9.17, 15) is 9.90 Å². The van der Waals surface area contributed by atoms with Gasteiger partial charge in [0, 0.05) is 36.0 Å². The summed E-state index contributed by atoms with van der Waals surface area (Å²) in [7, 11) is -0.718. The van der Waals surface area contributed by atoms with Crippen molar-refractivity contribution in [1.82, 2.24) is 24.8 Å². The van der Waals surface area contributed by atoms with Gasteiger partial charge in [-0.1, -0.05) is 101 Å². The highest BCUT2D eigenvalue weighted by Gasteiger charge is 2.47. The first-order valence-electron chi connectivity index (χ1n) is 26.1. The monoisotopic (exact) mass is 1010 g/mol. The van der Waals surface area contributed by atoms with Gasteiger partial charge < -0.3 is 24.4 Å².